The maximum Gasteiger partial charge on any atom is 0.333 e. The minimum absolute atomic E-state index is 0.332. The lowest BCUT2D eigenvalue weighted by molar-refractivity contribution is -0.132. The van der Waals surface area contributed by atoms with Crippen LogP contribution in [0.15, 0.2) is 58.6 Å². The normalized spacial score (nSPS) is 11.6. The van der Waals surface area contributed by atoms with Gasteiger partial charge < -0.3 is 15.2 Å². The van der Waals surface area contributed by atoms with E-state index in [1.807, 2.05) is 55.5 Å². The molecule has 23 heavy (non-hydrogen) atoms. The summed E-state index contributed by atoms with van der Waals surface area (Å²) in [5, 5.41) is 12.7. The molecule has 2 aromatic carbocycles. The minimum atomic E-state index is -0.928. The highest BCUT2D eigenvalue weighted by molar-refractivity contribution is 9.10. The minimum Gasteiger partial charge on any atom is -0.495 e. The van der Waals surface area contributed by atoms with Crippen molar-refractivity contribution in [1.82, 2.24) is 0 Å². The Morgan fingerprint density at radius 1 is 1.22 bits per heavy atom. The zero-order valence-electron chi connectivity index (χ0n) is 13.0. The lowest BCUT2D eigenvalue weighted by Crippen LogP contribution is -2.09. The van der Waals surface area contributed by atoms with Gasteiger partial charge in [-0.15, -0.1) is 0 Å². The van der Waals surface area contributed by atoms with E-state index in [1.165, 1.54) is 0 Å². The Morgan fingerprint density at radius 2 is 1.91 bits per heavy atom. The number of aliphatic carboxylic acids is 1. The van der Waals surface area contributed by atoms with E-state index in [-0.39, 0.29) is 0 Å². The number of carboxylic acid groups (broad SMARTS) is 1. The standard InChI is InChI=1S/C18H18BrNO3/c1-3-14(18(21)22)17(12-7-5-4-6-8-12)20-13-9-10-15(19)16(11-13)23-2/h4-11,20H,3H2,1-2H3,(H,21,22). The summed E-state index contributed by atoms with van der Waals surface area (Å²) >= 11 is 3.41. The molecule has 0 aliphatic heterocycles. The Morgan fingerprint density at radius 3 is 2.48 bits per heavy atom. The second kappa shape index (κ2) is 7.83. The summed E-state index contributed by atoms with van der Waals surface area (Å²) in [5.74, 6) is -0.251. The van der Waals surface area contributed by atoms with Gasteiger partial charge in [0.25, 0.3) is 0 Å². The number of hydrogen-bond acceptors (Lipinski definition) is 3. The second-order valence-corrected chi connectivity index (χ2v) is 5.71. The van der Waals surface area contributed by atoms with Crippen molar-refractivity contribution in [2.75, 3.05) is 12.4 Å². The third-order valence-electron chi connectivity index (χ3n) is 3.40. The maximum absolute atomic E-state index is 11.6. The predicted molar refractivity (Wildman–Crippen MR) is 95.6 cm³/mol. The van der Waals surface area contributed by atoms with Crippen LogP contribution in [0.5, 0.6) is 5.75 Å². The van der Waals surface area contributed by atoms with Crippen LogP contribution in [-0.2, 0) is 4.79 Å². The van der Waals surface area contributed by atoms with E-state index in [2.05, 4.69) is 21.2 Å². The molecule has 0 atom stereocenters. The van der Waals surface area contributed by atoms with Crippen LogP contribution in [0.4, 0.5) is 5.69 Å². The van der Waals surface area contributed by atoms with Gasteiger partial charge in [-0.25, -0.2) is 4.79 Å². The Hall–Kier alpha value is -2.27. The van der Waals surface area contributed by atoms with E-state index >= 15 is 0 Å². The summed E-state index contributed by atoms with van der Waals surface area (Å²) < 4.78 is 6.13. The van der Waals surface area contributed by atoms with Gasteiger partial charge in [-0.05, 0) is 40.0 Å². The molecule has 5 heteroatoms. The first kappa shape index (κ1) is 17.1. The molecule has 0 unspecified atom stereocenters. The molecule has 2 aromatic rings. The van der Waals surface area contributed by atoms with E-state index in [9.17, 15) is 9.90 Å². The molecule has 0 saturated heterocycles. The SMILES string of the molecule is CCC(C(=O)O)=C(Nc1ccc(Br)c(OC)c1)c1ccccc1. The molecule has 0 amide bonds. The van der Waals surface area contributed by atoms with Crippen LogP contribution >= 0.6 is 15.9 Å². The molecule has 120 valence electrons. The summed E-state index contributed by atoms with van der Waals surface area (Å²) in [6, 6.07) is 15.0. The summed E-state index contributed by atoms with van der Waals surface area (Å²) in [7, 11) is 1.59. The quantitative estimate of drug-likeness (QED) is 0.713. The van der Waals surface area contributed by atoms with Gasteiger partial charge in [-0.2, -0.15) is 0 Å². The van der Waals surface area contributed by atoms with Crippen molar-refractivity contribution < 1.29 is 14.6 Å². The van der Waals surface area contributed by atoms with Gasteiger partial charge in [-0.3, -0.25) is 0 Å². The smallest absolute Gasteiger partial charge is 0.333 e. The zero-order valence-corrected chi connectivity index (χ0v) is 14.6. The molecule has 2 N–H and O–H groups in total. The molecule has 0 fully saturated rings. The fourth-order valence-corrected chi connectivity index (χ4v) is 2.65. The number of ether oxygens (including phenoxy) is 1. The third kappa shape index (κ3) is 4.13. The van der Waals surface area contributed by atoms with Gasteiger partial charge in [0.2, 0.25) is 0 Å². The van der Waals surface area contributed by atoms with Crippen LogP contribution in [0.2, 0.25) is 0 Å². The van der Waals surface area contributed by atoms with Crippen LogP contribution < -0.4 is 10.1 Å². The number of rotatable bonds is 6. The molecule has 0 radical (unpaired) electrons. The summed E-state index contributed by atoms with van der Waals surface area (Å²) in [5.41, 5.74) is 2.51. The number of methoxy groups -OCH3 is 1. The zero-order chi connectivity index (χ0) is 16.8. The molecule has 0 aromatic heterocycles. The van der Waals surface area contributed by atoms with E-state index in [0.29, 0.717) is 23.4 Å². The highest BCUT2D eigenvalue weighted by Crippen LogP contribution is 2.30. The number of carbonyl (C=O) groups is 1. The molecule has 0 heterocycles. The highest BCUT2D eigenvalue weighted by atomic mass is 79.9. The van der Waals surface area contributed by atoms with E-state index in [1.54, 1.807) is 7.11 Å². The van der Waals surface area contributed by atoms with Crippen molar-refractivity contribution in [2.24, 2.45) is 0 Å². The predicted octanol–water partition coefficient (Wildman–Crippen LogP) is 4.78. The first-order valence-corrected chi connectivity index (χ1v) is 7.98. The lowest BCUT2D eigenvalue weighted by atomic mass is 10.0. The average Bonchev–Trinajstić information content (AvgIpc) is 2.56. The number of halogens is 1. The number of carboxylic acids is 1. The molecule has 0 saturated carbocycles. The highest BCUT2D eigenvalue weighted by Gasteiger charge is 2.15. The van der Waals surface area contributed by atoms with Crippen molar-refractivity contribution in [2.45, 2.75) is 13.3 Å². The first-order valence-electron chi connectivity index (χ1n) is 7.19. The molecule has 0 bridgehead atoms. The molecule has 0 aliphatic carbocycles. The van der Waals surface area contributed by atoms with Crippen LogP contribution in [0.25, 0.3) is 5.70 Å². The van der Waals surface area contributed by atoms with Crippen molar-refractivity contribution >= 4 is 33.3 Å². The van der Waals surface area contributed by atoms with Crippen LogP contribution in [0.3, 0.4) is 0 Å². The van der Waals surface area contributed by atoms with Gasteiger partial charge in [0, 0.05) is 11.8 Å². The molecular formula is C18H18BrNO3. The summed E-state index contributed by atoms with van der Waals surface area (Å²) in [4.78, 5) is 11.6. The number of hydrogen-bond donors (Lipinski definition) is 2. The van der Waals surface area contributed by atoms with Gasteiger partial charge in [0.05, 0.1) is 22.9 Å². The Bertz CT molecular complexity index is 726. The first-order chi connectivity index (χ1) is 11.1. The fourth-order valence-electron chi connectivity index (χ4n) is 2.24. The maximum atomic E-state index is 11.6. The fraction of sp³-hybridized carbons (Fsp3) is 0.167. The third-order valence-corrected chi connectivity index (χ3v) is 4.05. The van der Waals surface area contributed by atoms with Crippen molar-refractivity contribution in [3.63, 3.8) is 0 Å². The number of nitrogens with one attached hydrogen (secondary N) is 1. The summed E-state index contributed by atoms with van der Waals surface area (Å²) in [6.45, 7) is 1.83. The van der Waals surface area contributed by atoms with Gasteiger partial charge in [-0.1, -0.05) is 37.3 Å². The molecular weight excluding hydrogens is 358 g/mol. The average molecular weight is 376 g/mol. The number of anilines is 1. The van der Waals surface area contributed by atoms with Crippen LogP contribution in [-0.4, -0.2) is 18.2 Å². The van der Waals surface area contributed by atoms with Crippen molar-refractivity contribution in [1.29, 1.82) is 0 Å². The van der Waals surface area contributed by atoms with E-state index < -0.39 is 5.97 Å². The molecule has 0 spiro atoms. The van der Waals surface area contributed by atoms with Crippen LogP contribution in [0.1, 0.15) is 18.9 Å². The Balaban J connectivity index is 2.50. The Labute approximate surface area is 143 Å². The molecule has 2 rings (SSSR count). The van der Waals surface area contributed by atoms with Gasteiger partial charge in [0.15, 0.2) is 0 Å². The monoisotopic (exact) mass is 375 g/mol. The van der Waals surface area contributed by atoms with E-state index in [4.69, 9.17) is 4.74 Å². The van der Waals surface area contributed by atoms with Crippen LogP contribution in [0, 0.1) is 0 Å². The number of benzene rings is 2. The topological polar surface area (TPSA) is 58.6 Å². The van der Waals surface area contributed by atoms with Crippen molar-refractivity contribution in [3.05, 3.63) is 64.1 Å². The second-order valence-electron chi connectivity index (χ2n) is 4.85. The van der Waals surface area contributed by atoms with Gasteiger partial charge in [0.1, 0.15) is 5.75 Å². The van der Waals surface area contributed by atoms with Crippen molar-refractivity contribution in [3.8, 4) is 5.75 Å². The van der Waals surface area contributed by atoms with Gasteiger partial charge >= 0.3 is 5.97 Å². The summed E-state index contributed by atoms with van der Waals surface area (Å²) in [6.07, 6.45) is 0.417. The Kier molecular flexibility index (Phi) is 5.82. The van der Waals surface area contributed by atoms with E-state index in [0.717, 1.165) is 15.7 Å². The molecule has 0 aliphatic rings. The lowest BCUT2D eigenvalue weighted by Gasteiger charge is -2.16. The largest absolute Gasteiger partial charge is 0.495 e. The molecule has 4 nitrogen and oxygen atoms in total.